The Morgan fingerprint density at radius 3 is 2.47 bits per heavy atom. The number of aliphatic hydroxyl groups is 5. The zero-order valence-electron chi connectivity index (χ0n) is 17.0. The van der Waals surface area contributed by atoms with Gasteiger partial charge in [-0.3, -0.25) is 0 Å². The van der Waals surface area contributed by atoms with E-state index >= 15 is 0 Å². The molecule has 174 valence electrons. The van der Waals surface area contributed by atoms with Gasteiger partial charge in [-0.1, -0.05) is 24.3 Å². The fraction of sp³-hybridized carbons (Fsp3) is 0.500. The molecule has 0 radical (unpaired) electrons. The van der Waals surface area contributed by atoms with E-state index in [2.05, 4.69) is 0 Å². The predicted octanol–water partition coefficient (Wildman–Crippen LogP) is -0.937. The van der Waals surface area contributed by atoms with Gasteiger partial charge in [0.1, 0.15) is 31.0 Å². The van der Waals surface area contributed by atoms with Crippen molar-refractivity contribution in [2.45, 2.75) is 43.1 Å². The highest BCUT2D eigenvalue weighted by Crippen LogP contribution is 2.41. The van der Waals surface area contributed by atoms with Gasteiger partial charge in [-0.2, -0.15) is 0 Å². The smallest absolute Gasteiger partial charge is 0.338 e. The molecule has 0 saturated carbocycles. The van der Waals surface area contributed by atoms with E-state index in [9.17, 15) is 30.3 Å². The third-order valence-corrected chi connectivity index (χ3v) is 5.92. The van der Waals surface area contributed by atoms with Gasteiger partial charge in [0.05, 0.1) is 30.5 Å². The first-order chi connectivity index (χ1) is 15.4. The first-order valence-electron chi connectivity index (χ1n) is 10.3. The molecular weight excluding hydrogens is 424 g/mol. The third kappa shape index (κ3) is 4.44. The second kappa shape index (κ2) is 9.67. The summed E-state index contributed by atoms with van der Waals surface area (Å²) in [6, 6.07) is 8.47. The molecule has 5 N–H and O–H groups in total. The quantitative estimate of drug-likeness (QED) is 0.271. The molecule has 9 atom stereocenters. The van der Waals surface area contributed by atoms with Crippen LogP contribution in [-0.4, -0.2) is 87.8 Å². The molecule has 1 aromatic rings. The molecule has 2 aliphatic heterocycles. The number of carbonyl (C=O) groups excluding carboxylic acids is 1. The maximum absolute atomic E-state index is 12.3. The summed E-state index contributed by atoms with van der Waals surface area (Å²) in [5.41, 5.74) is 0.947. The fourth-order valence-corrected chi connectivity index (χ4v) is 4.17. The second-order valence-corrected chi connectivity index (χ2v) is 7.94. The third-order valence-electron chi connectivity index (χ3n) is 5.92. The Kier molecular flexibility index (Phi) is 6.91. The second-order valence-electron chi connectivity index (χ2n) is 7.94. The Morgan fingerprint density at radius 1 is 1.00 bits per heavy atom. The summed E-state index contributed by atoms with van der Waals surface area (Å²) in [4.78, 5) is 12.3. The van der Waals surface area contributed by atoms with Gasteiger partial charge in [-0.05, 0) is 23.8 Å². The van der Waals surface area contributed by atoms with Gasteiger partial charge >= 0.3 is 5.97 Å². The van der Waals surface area contributed by atoms with Crippen LogP contribution in [0.4, 0.5) is 0 Å². The Morgan fingerprint density at radius 2 is 1.75 bits per heavy atom. The number of fused-ring (bicyclic) bond motifs is 1. The van der Waals surface area contributed by atoms with Gasteiger partial charge in [0, 0.05) is 5.92 Å². The summed E-state index contributed by atoms with van der Waals surface area (Å²) in [5.74, 6) is -1.52. The van der Waals surface area contributed by atoms with Crippen LogP contribution in [0.25, 0.3) is 0 Å². The number of hydrogen-bond donors (Lipinski definition) is 5. The van der Waals surface area contributed by atoms with Crippen molar-refractivity contribution >= 4 is 5.97 Å². The van der Waals surface area contributed by atoms with Crippen molar-refractivity contribution in [2.24, 2.45) is 11.8 Å². The van der Waals surface area contributed by atoms with E-state index in [1.165, 1.54) is 6.26 Å². The Hall–Kier alpha value is -2.31. The summed E-state index contributed by atoms with van der Waals surface area (Å²) < 4.78 is 22.1. The van der Waals surface area contributed by atoms with Crippen LogP contribution in [0.1, 0.15) is 10.4 Å². The van der Waals surface area contributed by atoms with Gasteiger partial charge in [-0.25, -0.2) is 4.79 Å². The highest BCUT2D eigenvalue weighted by Gasteiger charge is 2.49. The molecule has 2 heterocycles. The zero-order valence-corrected chi connectivity index (χ0v) is 17.0. The van der Waals surface area contributed by atoms with E-state index in [1.807, 2.05) is 0 Å². The molecule has 1 aliphatic carbocycles. The predicted molar refractivity (Wildman–Crippen MR) is 107 cm³/mol. The fourth-order valence-electron chi connectivity index (χ4n) is 4.17. The molecule has 0 unspecified atom stereocenters. The molecule has 32 heavy (non-hydrogen) atoms. The summed E-state index contributed by atoms with van der Waals surface area (Å²) in [7, 11) is 0. The highest BCUT2D eigenvalue weighted by atomic mass is 16.8. The van der Waals surface area contributed by atoms with E-state index in [0.717, 1.165) is 0 Å². The molecular formula is C22H26O10. The van der Waals surface area contributed by atoms with E-state index in [-0.39, 0.29) is 6.61 Å². The van der Waals surface area contributed by atoms with E-state index in [0.29, 0.717) is 11.1 Å². The van der Waals surface area contributed by atoms with Crippen LogP contribution in [0, 0.1) is 11.8 Å². The Balaban J connectivity index is 1.46. The van der Waals surface area contributed by atoms with Crippen LogP contribution in [0.15, 0.2) is 54.3 Å². The van der Waals surface area contributed by atoms with Crippen LogP contribution in [0.5, 0.6) is 0 Å². The van der Waals surface area contributed by atoms with Crippen molar-refractivity contribution in [1.82, 2.24) is 0 Å². The van der Waals surface area contributed by atoms with Crippen molar-refractivity contribution in [1.29, 1.82) is 0 Å². The minimum atomic E-state index is -1.60. The average Bonchev–Trinajstić information content (AvgIpc) is 3.14. The van der Waals surface area contributed by atoms with Crippen LogP contribution in [0.3, 0.4) is 0 Å². The molecule has 4 rings (SSSR count). The largest absolute Gasteiger partial charge is 0.472 e. The molecule has 3 aliphatic rings. The summed E-state index contributed by atoms with van der Waals surface area (Å²) in [6.45, 7) is -0.709. The van der Waals surface area contributed by atoms with E-state index in [1.54, 1.807) is 42.5 Å². The lowest BCUT2D eigenvalue weighted by atomic mass is 9.88. The number of ether oxygens (including phenoxy) is 4. The number of carbonyl (C=O) groups is 1. The number of aliphatic hydroxyl groups excluding tert-OH is 5. The average molecular weight is 450 g/mol. The molecule has 10 nitrogen and oxygen atoms in total. The summed E-state index contributed by atoms with van der Waals surface area (Å²) in [6.07, 6.45) is -4.61. The van der Waals surface area contributed by atoms with Crippen LogP contribution < -0.4 is 0 Å². The first-order valence-corrected chi connectivity index (χ1v) is 10.3. The van der Waals surface area contributed by atoms with Gasteiger partial charge in [0.15, 0.2) is 6.29 Å². The van der Waals surface area contributed by atoms with Crippen molar-refractivity contribution < 1.29 is 49.3 Å². The standard InChI is InChI=1S/C22H26O10/c23-9-15-17(25)18(26)19(27)22(31-15)32-21-16-12(8-14(24)13(16)6-7-29-21)10-30-20(28)11-4-2-1-3-5-11/h1-8,13-19,21-27H,9-10H2/t13-,14+,15-,16-,17-,18+,19-,21+,22+/m1/s1. The van der Waals surface area contributed by atoms with Gasteiger partial charge in [0.25, 0.3) is 0 Å². The van der Waals surface area contributed by atoms with Crippen molar-refractivity contribution in [3.05, 3.63) is 59.9 Å². The number of hydrogen-bond acceptors (Lipinski definition) is 10. The minimum absolute atomic E-state index is 0.113. The lowest BCUT2D eigenvalue weighted by Crippen LogP contribution is -2.60. The number of rotatable bonds is 6. The van der Waals surface area contributed by atoms with Crippen LogP contribution in [-0.2, 0) is 18.9 Å². The monoisotopic (exact) mass is 450 g/mol. The lowest BCUT2D eigenvalue weighted by molar-refractivity contribution is -0.339. The molecule has 0 bridgehead atoms. The molecule has 1 aromatic carbocycles. The SMILES string of the molecule is O=C(OCC1=C[C@H](O)[C@H]2C=CO[C@@H](O[C@@H]3O[C@H](CO)[C@@H](O)[C@H](O)[C@H]3O)[C@H]12)c1ccccc1. The molecule has 0 amide bonds. The number of benzene rings is 1. The summed E-state index contributed by atoms with van der Waals surface area (Å²) >= 11 is 0. The topological polar surface area (TPSA) is 155 Å². The van der Waals surface area contributed by atoms with Crippen molar-refractivity contribution in [3.63, 3.8) is 0 Å². The van der Waals surface area contributed by atoms with E-state index < -0.39 is 67.5 Å². The molecule has 1 saturated heterocycles. The van der Waals surface area contributed by atoms with Crippen molar-refractivity contribution in [3.8, 4) is 0 Å². The molecule has 10 heteroatoms. The highest BCUT2D eigenvalue weighted by molar-refractivity contribution is 5.89. The summed E-state index contributed by atoms with van der Waals surface area (Å²) in [5, 5.41) is 50.0. The van der Waals surface area contributed by atoms with Gasteiger partial charge in [0.2, 0.25) is 6.29 Å². The zero-order chi connectivity index (χ0) is 22.8. The maximum Gasteiger partial charge on any atom is 0.338 e. The first kappa shape index (κ1) is 22.9. The van der Waals surface area contributed by atoms with Gasteiger partial charge < -0.3 is 44.5 Å². The normalized spacial score (nSPS) is 38.5. The Labute approximate surface area is 183 Å². The Bertz CT molecular complexity index is 854. The van der Waals surface area contributed by atoms with E-state index in [4.69, 9.17) is 18.9 Å². The molecule has 0 spiro atoms. The van der Waals surface area contributed by atoms with Crippen LogP contribution in [0.2, 0.25) is 0 Å². The van der Waals surface area contributed by atoms with Crippen LogP contribution >= 0.6 is 0 Å². The molecule has 1 fully saturated rings. The maximum atomic E-state index is 12.3. The number of esters is 1. The van der Waals surface area contributed by atoms with Gasteiger partial charge in [-0.15, -0.1) is 0 Å². The lowest BCUT2D eigenvalue weighted by Gasteiger charge is -2.42. The molecule has 0 aromatic heterocycles. The minimum Gasteiger partial charge on any atom is -0.472 e. The van der Waals surface area contributed by atoms with Crippen molar-refractivity contribution in [2.75, 3.05) is 13.2 Å².